The number of carboxylic acids is 1. The molecule has 9 nitrogen and oxygen atoms in total. The maximum Gasteiger partial charge on any atom is 0.306 e. The zero-order valence-corrected chi connectivity index (χ0v) is 61.1. The summed E-state index contributed by atoms with van der Waals surface area (Å²) >= 11 is 0. The highest BCUT2D eigenvalue weighted by molar-refractivity contribution is 5.70. The fourth-order valence-corrected chi connectivity index (χ4v) is 10.8. The van der Waals surface area contributed by atoms with Crippen LogP contribution >= 0.6 is 0 Å². The molecule has 0 radical (unpaired) electrons. The summed E-state index contributed by atoms with van der Waals surface area (Å²) in [6.07, 6.45) is 102. The molecule has 0 aromatic rings. The summed E-state index contributed by atoms with van der Waals surface area (Å²) < 4.78 is 22.8. The Hall–Kier alpha value is -4.31. The number of rotatable bonds is 71. The van der Waals surface area contributed by atoms with Gasteiger partial charge in [-0.05, 0) is 109 Å². The number of quaternary nitrogens is 1. The van der Waals surface area contributed by atoms with Crippen molar-refractivity contribution >= 4 is 17.9 Å². The van der Waals surface area contributed by atoms with E-state index in [1.54, 1.807) is 0 Å². The number of esters is 2. The van der Waals surface area contributed by atoms with Gasteiger partial charge in [-0.3, -0.25) is 9.59 Å². The van der Waals surface area contributed by atoms with Gasteiger partial charge in [0.2, 0.25) is 0 Å². The first kappa shape index (κ1) is 88.7. The predicted octanol–water partition coefficient (Wildman–Crippen LogP) is 23.4. The highest BCUT2D eigenvalue weighted by Gasteiger charge is 2.22. The van der Waals surface area contributed by atoms with E-state index in [-0.39, 0.29) is 32.2 Å². The molecule has 0 bridgehead atoms. The van der Waals surface area contributed by atoms with E-state index in [9.17, 15) is 19.5 Å². The maximum absolute atomic E-state index is 13.0. The van der Waals surface area contributed by atoms with Crippen LogP contribution in [-0.4, -0.2) is 82.3 Å². The van der Waals surface area contributed by atoms with Crippen LogP contribution in [0.2, 0.25) is 0 Å². The standard InChI is InChI=1S/C84H145NO8/c1-6-8-10-12-14-16-18-20-22-24-26-28-30-32-34-36-37-38-39-40-41-42-43-44-45-47-49-51-53-55-57-59-61-63-65-67-69-71-73-75-82(87)93-80(79-92-84(83(88)89)90-77-76-85(3,4)5)78-91-81(86)74-72-70-68-66-64-62-60-58-56-54-52-50-48-46-35-33-31-29-27-25-23-21-19-17-15-13-11-9-7-2/h8,10,14,16,20,22,25-28,32,34,37-38,40-41,43-44,47,49,80,84H,6-7,9,11-13,15,17-19,21,23-24,29-31,33,35-36,39,42,45-46,48,50-79H2,1-5H3/b10-8-,16-14-,22-20-,27-25-,28-26-,34-32-,38-37-,41-40-,44-43-,49-47-. The molecule has 0 fully saturated rings. The average Bonchev–Trinajstić information content (AvgIpc) is 3.38. The number of allylic oxidation sites excluding steroid dienone is 20. The van der Waals surface area contributed by atoms with Gasteiger partial charge in [-0.1, -0.05) is 334 Å². The smallest absolute Gasteiger partial charge is 0.306 e. The molecule has 0 amide bonds. The van der Waals surface area contributed by atoms with E-state index in [0.29, 0.717) is 23.9 Å². The van der Waals surface area contributed by atoms with E-state index in [2.05, 4.69) is 135 Å². The molecule has 2 atom stereocenters. The third-order valence-corrected chi connectivity index (χ3v) is 16.7. The molecule has 0 N–H and O–H groups in total. The molecule has 0 saturated heterocycles. The molecule has 93 heavy (non-hydrogen) atoms. The van der Waals surface area contributed by atoms with Crippen molar-refractivity contribution in [2.45, 2.75) is 347 Å². The number of carbonyl (C=O) groups excluding carboxylic acids is 3. The Morgan fingerprint density at radius 1 is 0.333 bits per heavy atom. The zero-order valence-electron chi connectivity index (χ0n) is 61.1. The molecule has 0 aliphatic heterocycles. The first-order chi connectivity index (χ1) is 45.6. The van der Waals surface area contributed by atoms with Gasteiger partial charge in [-0.2, -0.15) is 0 Å². The van der Waals surface area contributed by atoms with Gasteiger partial charge in [0.15, 0.2) is 12.4 Å². The molecule has 0 heterocycles. The second-order valence-electron chi connectivity index (χ2n) is 26.9. The summed E-state index contributed by atoms with van der Waals surface area (Å²) in [4.78, 5) is 37.6. The molecular weight excluding hydrogens is 1150 g/mol. The molecular formula is C84H145NO8. The van der Waals surface area contributed by atoms with Crippen LogP contribution in [0.3, 0.4) is 0 Å². The van der Waals surface area contributed by atoms with Crippen molar-refractivity contribution in [1.82, 2.24) is 0 Å². The lowest BCUT2D eigenvalue weighted by Crippen LogP contribution is -2.44. The van der Waals surface area contributed by atoms with Crippen LogP contribution in [0, 0.1) is 0 Å². The lowest BCUT2D eigenvalue weighted by molar-refractivity contribution is -0.870. The lowest BCUT2D eigenvalue weighted by Gasteiger charge is -2.26. The van der Waals surface area contributed by atoms with Crippen molar-refractivity contribution < 1.29 is 42.9 Å². The Morgan fingerprint density at radius 2 is 0.613 bits per heavy atom. The van der Waals surface area contributed by atoms with Gasteiger partial charge in [0, 0.05) is 12.8 Å². The van der Waals surface area contributed by atoms with Crippen molar-refractivity contribution in [3.63, 3.8) is 0 Å². The molecule has 0 aromatic carbocycles. The fourth-order valence-electron chi connectivity index (χ4n) is 10.8. The van der Waals surface area contributed by atoms with Gasteiger partial charge >= 0.3 is 11.9 Å². The first-order valence-corrected chi connectivity index (χ1v) is 38.7. The summed E-state index contributed by atoms with van der Waals surface area (Å²) in [5.74, 6) is -2.28. The highest BCUT2D eigenvalue weighted by atomic mass is 16.7. The summed E-state index contributed by atoms with van der Waals surface area (Å²) in [5.41, 5.74) is 0. The number of unbranched alkanes of at least 4 members (excludes halogenated alkanes) is 36. The minimum Gasteiger partial charge on any atom is -0.545 e. The van der Waals surface area contributed by atoms with Crippen LogP contribution in [0.25, 0.3) is 0 Å². The molecule has 0 spiro atoms. The fraction of sp³-hybridized carbons (Fsp3) is 0.726. The molecule has 0 aliphatic carbocycles. The Bertz CT molecular complexity index is 1950. The Kier molecular flexibility index (Phi) is 70.1. The van der Waals surface area contributed by atoms with Gasteiger partial charge in [0.25, 0.3) is 0 Å². The van der Waals surface area contributed by atoms with E-state index in [0.717, 1.165) is 103 Å². The van der Waals surface area contributed by atoms with Crippen LogP contribution in [0.5, 0.6) is 0 Å². The van der Waals surface area contributed by atoms with E-state index in [1.165, 1.54) is 199 Å². The lowest BCUT2D eigenvalue weighted by atomic mass is 10.0. The number of nitrogens with zero attached hydrogens (tertiary/aromatic N) is 1. The highest BCUT2D eigenvalue weighted by Crippen LogP contribution is 2.18. The van der Waals surface area contributed by atoms with E-state index in [1.807, 2.05) is 21.1 Å². The second kappa shape index (κ2) is 73.5. The van der Waals surface area contributed by atoms with Gasteiger partial charge in [-0.25, -0.2) is 0 Å². The van der Waals surface area contributed by atoms with E-state index < -0.39 is 24.3 Å². The number of ether oxygens (including phenoxy) is 4. The number of carboxylic acid groups (broad SMARTS) is 1. The van der Waals surface area contributed by atoms with Crippen molar-refractivity contribution in [2.24, 2.45) is 0 Å². The van der Waals surface area contributed by atoms with E-state index >= 15 is 0 Å². The minimum atomic E-state index is -1.63. The largest absolute Gasteiger partial charge is 0.545 e. The first-order valence-electron chi connectivity index (χ1n) is 38.7. The Labute approximate surface area is 574 Å². The summed E-state index contributed by atoms with van der Waals surface area (Å²) in [7, 11) is 5.94. The molecule has 0 saturated carbocycles. The van der Waals surface area contributed by atoms with Crippen LogP contribution in [0.1, 0.15) is 335 Å². The molecule has 9 heteroatoms. The number of aliphatic carboxylic acids is 1. The summed E-state index contributed by atoms with van der Waals surface area (Å²) in [6, 6.07) is 0. The minimum absolute atomic E-state index is 0.144. The average molecular weight is 1300 g/mol. The van der Waals surface area contributed by atoms with Gasteiger partial charge in [-0.15, -0.1) is 0 Å². The summed E-state index contributed by atoms with van der Waals surface area (Å²) in [6.45, 7) is 4.66. The van der Waals surface area contributed by atoms with Gasteiger partial charge in [0.1, 0.15) is 13.2 Å². The van der Waals surface area contributed by atoms with E-state index in [4.69, 9.17) is 18.9 Å². The van der Waals surface area contributed by atoms with Gasteiger partial charge in [0.05, 0.1) is 40.3 Å². The third kappa shape index (κ3) is 74.9. The van der Waals surface area contributed by atoms with Crippen LogP contribution in [-0.2, 0) is 33.3 Å². The van der Waals surface area contributed by atoms with Crippen molar-refractivity contribution in [2.75, 3.05) is 47.5 Å². The number of hydrogen-bond donors (Lipinski definition) is 0. The Balaban J connectivity index is 4.09. The number of carbonyl (C=O) groups is 3. The molecule has 0 rings (SSSR count). The molecule has 0 aliphatic rings. The van der Waals surface area contributed by atoms with Crippen LogP contribution < -0.4 is 5.11 Å². The molecule has 534 valence electrons. The summed E-state index contributed by atoms with van der Waals surface area (Å²) in [5, 5.41) is 11.9. The SMILES string of the molecule is CC/C=C\C/C=C\C/C=C\C/C=C\C/C=C\C/C=C\C/C=C\C/C=C\C/C=C\CCCCCCCCCCCCCC(=O)OC(COC(=O)CCCCCCCCCCCCCCCCCCC/C=C\CCCCCCCCCC)COC(OCC[N+](C)(C)C)C(=O)[O-]. The zero-order chi connectivity index (χ0) is 67.5. The van der Waals surface area contributed by atoms with Crippen LogP contribution in [0.4, 0.5) is 0 Å². The topological polar surface area (TPSA) is 111 Å². The molecule has 0 aromatic heterocycles. The quantitative estimate of drug-likeness (QED) is 0.0195. The molecule has 2 unspecified atom stereocenters. The van der Waals surface area contributed by atoms with Crippen molar-refractivity contribution in [1.29, 1.82) is 0 Å². The van der Waals surface area contributed by atoms with Crippen molar-refractivity contribution in [3.05, 3.63) is 122 Å². The Morgan fingerprint density at radius 3 is 0.925 bits per heavy atom. The van der Waals surface area contributed by atoms with Crippen LogP contribution in [0.15, 0.2) is 122 Å². The third-order valence-electron chi connectivity index (χ3n) is 16.7. The predicted molar refractivity (Wildman–Crippen MR) is 398 cm³/mol. The normalized spacial score (nSPS) is 13.3. The monoisotopic (exact) mass is 1300 g/mol. The van der Waals surface area contributed by atoms with Crippen molar-refractivity contribution in [3.8, 4) is 0 Å². The number of likely N-dealkylation sites (N-methyl/N-ethyl adjacent to an activating group) is 1. The second-order valence-corrected chi connectivity index (χ2v) is 26.9. The number of hydrogen-bond acceptors (Lipinski definition) is 8. The maximum atomic E-state index is 13.0. The van der Waals surface area contributed by atoms with Gasteiger partial charge < -0.3 is 33.3 Å².